The van der Waals surface area contributed by atoms with Crippen molar-refractivity contribution in [2.75, 3.05) is 69.2 Å². The van der Waals surface area contributed by atoms with E-state index in [0.717, 1.165) is 87.2 Å². The van der Waals surface area contributed by atoms with Gasteiger partial charge in [0.2, 0.25) is 0 Å². The van der Waals surface area contributed by atoms with E-state index in [1.165, 1.54) is 0 Å². The third-order valence-corrected chi connectivity index (χ3v) is 7.55. The molecule has 37 heavy (non-hydrogen) atoms. The number of rotatable bonds is 5. The Bertz CT molecular complexity index is 1410. The number of nitrogens with zero attached hydrogens (tertiary/aromatic N) is 7. The maximum absolute atomic E-state index is 15.3. The Morgan fingerprint density at radius 1 is 1.03 bits per heavy atom. The van der Waals surface area contributed by atoms with Crippen LogP contribution in [0.25, 0.3) is 22.6 Å². The molecule has 0 radical (unpaired) electrons. The zero-order valence-electron chi connectivity index (χ0n) is 21.0. The first-order valence-electron chi connectivity index (χ1n) is 12.6. The van der Waals surface area contributed by atoms with Crippen LogP contribution in [-0.4, -0.2) is 89.3 Å². The summed E-state index contributed by atoms with van der Waals surface area (Å²) in [6, 6.07) is 7.34. The van der Waals surface area contributed by atoms with Crippen molar-refractivity contribution in [3.63, 3.8) is 0 Å². The van der Waals surface area contributed by atoms with Crippen molar-refractivity contribution in [1.82, 2.24) is 29.9 Å². The van der Waals surface area contributed by atoms with Crippen molar-refractivity contribution < 1.29 is 8.91 Å². The van der Waals surface area contributed by atoms with Gasteiger partial charge in [-0.1, -0.05) is 16.8 Å². The molecule has 2 aliphatic rings. The summed E-state index contributed by atoms with van der Waals surface area (Å²) in [5.74, 6) is 0.966. The number of pyridine rings is 1. The van der Waals surface area contributed by atoms with Gasteiger partial charge < -0.3 is 24.2 Å². The summed E-state index contributed by atoms with van der Waals surface area (Å²) in [5.41, 5.74) is 4.37. The smallest absolute Gasteiger partial charge is 0.180 e. The molecule has 0 spiro atoms. The number of aromatic amines is 1. The number of nitrogens with one attached hydrogen (secondary N) is 1. The summed E-state index contributed by atoms with van der Waals surface area (Å²) < 4.78 is 20.5. The molecule has 194 valence electrons. The molecule has 0 atom stereocenters. The molecule has 0 amide bonds. The Balaban J connectivity index is 1.22. The summed E-state index contributed by atoms with van der Waals surface area (Å²) in [7, 11) is 2.11. The second-order valence-electron chi connectivity index (χ2n) is 9.89. The van der Waals surface area contributed by atoms with Crippen LogP contribution in [-0.2, 0) is 6.54 Å². The minimum absolute atomic E-state index is 0.306. The molecule has 3 aromatic heterocycles. The first kappa shape index (κ1) is 24.1. The Morgan fingerprint density at radius 2 is 1.78 bits per heavy atom. The van der Waals surface area contributed by atoms with E-state index >= 15 is 4.39 Å². The average Bonchev–Trinajstić information content (AvgIpc) is 3.51. The Labute approximate surface area is 219 Å². The second kappa shape index (κ2) is 9.92. The predicted octanol–water partition coefficient (Wildman–Crippen LogP) is 3.79. The lowest BCUT2D eigenvalue weighted by Crippen LogP contribution is -2.46. The van der Waals surface area contributed by atoms with Crippen LogP contribution < -0.4 is 9.80 Å². The van der Waals surface area contributed by atoms with Gasteiger partial charge in [0, 0.05) is 70.7 Å². The van der Waals surface area contributed by atoms with Crippen LogP contribution in [0.5, 0.6) is 0 Å². The van der Waals surface area contributed by atoms with Gasteiger partial charge in [-0.2, -0.15) is 0 Å². The van der Waals surface area contributed by atoms with Crippen LogP contribution >= 0.6 is 11.6 Å². The lowest BCUT2D eigenvalue weighted by Gasteiger charge is -2.36. The molecule has 1 N–H and O–H groups in total. The van der Waals surface area contributed by atoms with E-state index in [9.17, 15) is 0 Å². The molecule has 0 aliphatic carbocycles. The lowest BCUT2D eigenvalue weighted by atomic mass is 10.1. The van der Waals surface area contributed by atoms with E-state index in [-0.39, 0.29) is 5.82 Å². The van der Waals surface area contributed by atoms with Crippen LogP contribution in [0.1, 0.15) is 11.5 Å². The summed E-state index contributed by atoms with van der Waals surface area (Å²) in [6.07, 6.45) is 1.63. The van der Waals surface area contributed by atoms with Gasteiger partial charge in [-0.05, 0) is 32.2 Å². The van der Waals surface area contributed by atoms with E-state index in [0.29, 0.717) is 22.1 Å². The number of fused-ring (bicyclic) bond motifs is 1. The third kappa shape index (κ3) is 4.88. The maximum atomic E-state index is 15.3. The van der Waals surface area contributed by atoms with Gasteiger partial charge in [-0.3, -0.25) is 4.90 Å². The molecule has 9 nitrogen and oxygen atoms in total. The van der Waals surface area contributed by atoms with Gasteiger partial charge in [0.15, 0.2) is 5.65 Å². The van der Waals surface area contributed by atoms with E-state index in [4.69, 9.17) is 16.1 Å². The molecule has 5 heterocycles. The van der Waals surface area contributed by atoms with Crippen LogP contribution in [0, 0.1) is 12.7 Å². The first-order valence-corrected chi connectivity index (χ1v) is 13.0. The fourth-order valence-electron chi connectivity index (χ4n) is 5.17. The molecule has 0 bridgehead atoms. The van der Waals surface area contributed by atoms with E-state index in [1.807, 2.05) is 19.1 Å². The second-order valence-corrected chi connectivity index (χ2v) is 10.3. The van der Waals surface area contributed by atoms with E-state index < -0.39 is 0 Å². The molecule has 2 aliphatic heterocycles. The van der Waals surface area contributed by atoms with Crippen molar-refractivity contribution in [3.8, 4) is 11.4 Å². The normalized spacial score (nSPS) is 17.7. The Morgan fingerprint density at radius 3 is 2.49 bits per heavy atom. The number of anilines is 2. The minimum Gasteiger partial charge on any atom is -0.369 e. The molecule has 2 saturated heterocycles. The first-order chi connectivity index (χ1) is 17.9. The highest BCUT2D eigenvalue weighted by molar-refractivity contribution is 6.34. The highest BCUT2D eigenvalue weighted by Gasteiger charge is 2.24. The van der Waals surface area contributed by atoms with Crippen molar-refractivity contribution >= 4 is 34.1 Å². The van der Waals surface area contributed by atoms with Gasteiger partial charge in [0.1, 0.15) is 22.9 Å². The number of imidazole rings is 1. The minimum atomic E-state index is -0.306. The summed E-state index contributed by atoms with van der Waals surface area (Å²) >= 11 is 6.64. The fourth-order valence-corrected chi connectivity index (χ4v) is 5.43. The van der Waals surface area contributed by atoms with Gasteiger partial charge in [-0.15, -0.1) is 0 Å². The topological polar surface area (TPSA) is 80.6 Å². The van der Waals surface area contributed by atoms with Crippen molar-refractivity contribution in [3.05, 3.63) is 52.8 Å². The number of benzene rings is 1. The molecule has 2 fully saturated rings. The van der Waals surface area contributed by atoms with Crippen LogP contribution in [0.2, 0.25) is 5.02 Å². The largest absolute Gasteiger partial charge is 0.369 e. The molecule has 11 heteroatoms. The SMILES string of the molecule is Cc1cc(CN2CCN(c3c(Cl)cnc4nc(-c5ccc(N6CCN(C)CC6)cc5F)[nH]c34)CC2)no1. The quantitative estimate of drug-likeness (QED) is 0.422. The number of H-pyrrole nitrogens is 1. The van der Waals surface area contributed by atoms with Gasteiger partial charge >= 0.3 is 0 Å². The molecule has 6 rings (SSSR count). The highest BCUT2D eigenvalue weighted by atomic mass is 35.5. The number of hydrogen-bond acceptors (Lipinski definition) is 8. The zero-order chi connectivity index (χ0) is 25.5. The lowest BCUT2D eigenvalue weighted by molar-refractivity contribution is 0.242. The van der Waals surface area contributed by atoms with Crippen LogP contribution in [0.4, 0.5) is 15.8 Å². The van der Waals surface area contributed by atoms with Gasteiger partial charge in [-0.25, -0.2) is 14.4 Å². The van der Waals surface area contributed by atoms with Gasteiger partial charge in [0.25, 0.3) is 0 Å². The maximum Gasteiger partial charge on any atom is 0.180 e. The number of halogens is 2. The Hall–Kier alpha value is -3.21. The summed E-state index contributed by atoms with van der Waals surface area (Å²) in [4.78, 5) is 21.4. The summed E-state index contributed by atoms with van der Waals surface area (Å²) in [6.45, 7) is 9.65. The zero-order valence-corrected chi connectivity index (χ0v) is 21.8. The molecular formula is C26H30ClFN8O. The average molecular weight is 525 g/mol. The molecule has 1 aromatic carbocycles. The number of aromatic nitrogens is 4. The third-order valence-electron chi connectivity index (χ3n) is 7.28. The number of piperazine rings is 2. The highest BCUT2D eigenvalue weighted by Crippen LogP contribution is 2.35. The predicted molar refractivity (Wildman–Crippen MR) is 143 cm³/mol. The Kier molecular flexibility index (Phi) is 6.48. The van der Waals surface area contributed by atoms with E-state index in [2.05, 4.69) is 46.8 Å². The number of likely N-dealkylation sites (N-methyl/N-ethyl adjacent to an activating group) is 1. The number of hydrogen-bond donors (Lipinski definition) is 1. The van der Waals surface area contributed by atoms with Crippen molar-refractivity contribution in [1.29, 1.82) is 0 Å². The van der Waals surface area contributed by atoms with E-state index in [1.54, 1.807) is 18.3 Å². The molecule has 0 saturated carbocycles. The molecule has 0 unspecified atom stereocenters. The fraction of sp³-hybridized carbons (Fsp3) is 0.423. The number of aryl methyl sites for hydroxylation is 1. The van der Waals surface area contributed by atoms with Crippen LogP contribution in [0.15, 0.2) is 35.0 Å². The standard InChI is InChI=1S/C26H30ClFN8O/c1-17-13-18(32-37-17)16-34-7-11-36(12-8-34)24-21(27)15-29-26-23(24)30-25(31-26)20-4-3-19(14-22(20)28)35-9-5-33(2)6-10-35/h3-4,13-15H,5-12,16H2,1-2H3,(H,29,30,31). The molecular weight excluding hydrogens is 495 g/mol. The van der Waals surface area contributed by atoms with Crippen LogP contribution in [0.3, 0.4) is 0 Å². The molecule has 4 aromatic rings. The summed E-state index contributed by atoms with van der Waals surface area (Å²) in [5, 5.41) is 4.66. The van der Waals surface area contributed by atoms with Crippen molar-refractivity contribution in [2.24, 2.45) is 0 Å². The van der Waals surface area contributed by atoms with Gasteiger partial charge in [0.05, 0.1) is 28.2 Å². The monoisotopic (exact) mass is 524 g/mol. The van der Waals surface area contributed by atoms with Crippen molar-refractivity contribution in [2.45, 2.75) is 13.5 Å².